The monoisotopic (exact) mass is 361 g/mol. The van der Waals surface area contributed by atoms with Crippen molar-refractivity contribution >= 4 is 34.2 Å². The van der Waals surface area contributed by atoms with E-state index in [1.165, 1.54) is 0 Å². The molecule has 0 saturated carbocycles. The number of anilines is 2. The molecule has 1 aliphatic heterocycles. The van der Waals surface area contributed by atoms with Gasteiger partial charge in [-0.15, -0.1) is 5.10 Å². The summed E-state index contributed by atoms with van der Waals surface area (Å²) in [7, 11) is 0. The quantitative estimate of drug-likeness (QED) is 0.839. The van der Waals surface area contributed by atoms with Crippen molar-refractivity contribution in [1.29, 1.82) is 0 Å². The molecule has 3 rings (SSSR count). The van der Waals surface area contributed by atoms with Crippen LogP contribution in [0.5, 0.6) is 0 Å². The SMILES string of the molecule is CCOC(=O)c1nnsc1NC(=O)N1CCN(c2ccccc2)CC1. The molecule has 8 nitrogen and oxygen atoms in total. The third-order valence-corrected chi connectivity index (χ3v) is 4.51. The van der Waals surface area contributed by atoms with Crippen molar-refractivity contribution in [2.75, 3.05) is 43.0 Å². The van der Waals surface area contributed by atoms with E-state index in [1.807, 2.05) is 18.2 Å². The van der Waals surface area contributed by atoms with Crippen molar-refractivity contribution in [1.82, 2.24) is 14.5 Å². The number of nitrogens with zero attached hydrogens (tertiary/aromatic N) is 4. The fraction of sp³-hybridized carbons (Fsp3) is 0.375. The largest absolute Gasteiger partial charge is 0.461 e. The number of aromatic nitrogens is 2. The summed E-state index contributed by atoms with van der Waals surface area (Å²) in [5.41, 5.74) is 1.20. The van der Waals surface area contributed by atoms with Gasteiger partial charge in [0.25, 0.3) is 0 Å². The molecule has 1 aromatic carbocycles. The molecule has 0 spiro atoms. The number of benzene rings is 1. The van der Waals surface area contributed by atoms with Gasteiger partial charge in [-0.25, -0.2) is 9.59 Å². The van der Waals surface area contributed by atoms with Crippen LogP contribution in [0.2, 0.25) is 0 Å². The molecule has 132 valence electrons. The lowest BCUT2D eigenvalue weighted by atomic mass is 10.2. The molecule has 0 atom stereocenters. The average molecular weight is 361 g/mol. The van der Waals surface area contributed by atoms with Gasteiger partial charge in [0.2, 0.25) is 5.69 Å². The van der Waals surface area contributed by atoms with Crippen LogP contribution in [0.15, 0.2) is 30.3 Å². The van der Waals surface area contributed by atoms with Crippen LogP contribution in [0.4, 0.5) is 15.5 Å². The Balaban J connectivity index is 1.57. The van der Waals surface area contributed by atoms with Crippen LogP contribution in [0, 0.1) is 0 Å². The van der Waals surface area contributed by atoms with E-state index in [9.17, 15) is 9.59 Å². The Labute approximate surface area is 149 Å². The highest BCUT2D eigenvalue weighted by molar-refractivity contribution is 7.10. The normalized spacial score (nSPS) is 14.3. The number of para-hydroxylation sites is 1. The lowest BCUT2D eigenvalue weighted by Crippen LogP contribution is -2.50. The molecule has 2 heterocycles. The Morgan fingerprint density at radius 2 is 1.92 bits per heavy atom. The summed E-state index contributed by atoms with van der Waals surface area (Å²) in [6, 6.07) is 9.85. The number of piperazine rings is 1. The van der Waals surface area contributed by atoms with Crippen LogP contribution in [0.25, 0.3) is 0 Å². The van der Waals surface area contributed by atoms with Gasteiger partial charge in [-0.2, -0.15) is 0 Å². The summed E-state index contributed by atoms with van der Waals surface area (Å²) in [6.45, 7) is 4.66. The maximum absolute atomic E-state index is 12.4. The topological polar surface area (TPSA) is 87.7 Å². The van der Waals surface area contributed by atoms with Gasteiger partial charge in [-0.3, -0.25) is 5.32 Å². The molecule has 25 heavy (non-hydrogen) atoms. The zero-order valence-corrected chi connectivity index (χ0v) is 14.7. The predicted molar refractivity (Wildman–Crippen MR) is 95.1 cm³/mol. The fourth-order valence-corrected chi connectivity index (χ4v) is 3.14. The molecule has 9 heteroatoms. The first-order valence-electron chi connectivity index (χ1n) is 8.04. The van der Waals surface area contributed by atoms with E-state index < -0.39 is 5.97 Å². The van der Waals surface area contributed by atoms with Gasteiger partial charge in [-0.1, -0.05) is 22.7 Å². The third-order valence-electron chi connectivity index (χ3n) is 3.87. The van der Waals surface area contributed by atoms with Crippen LogP contribution >= 0.6 is 11.5 Å². The summed E-state index contributed by atoms with van der Waals surface area (Å²) in [4.78, 5) is 28.2. The molecule has 1 saturated heterocycles. The van der Waals surface area contributed by atoms with Crippen molar-refractivity contribution in [2.45, 2.75) is 6.92 Å². The van der Waals surface area contributed by atoms with Gasteiger partial charge in [0, 0.05) is 43.4 Å². The summed E-state index contributed by atoms with van der Waals surface area (Å²) < 4.78 is 8.64. The smallest absolute Gasteiger partial charge is 0.362 e. The van der Waals surface area contributed by atoms with E-state index in [4.69, 9.17) is 4.74 Å². The van der Waals surface area contributed by atoms with Crippen LogP contribution in [0.3, 0.4) is 0 Å². The van der Waals surface area contributed by atoms with Crippen LogP contribution in [0.1, 0.15) is 17.4 Å². The van der Waals surface area contributed by atoms with Gasteiger partial charge < -0.3 is 14.5 Å². The highest BCUT2D eigenvalue weighted by Gasteiger charge is 2.24. The number of nitrogens with one attached hydrogen (secondary N) is 1. The standard InChI is InChI=1S/C16H19N5O3S/c1-2-24-15(22)13-14(25-19-18-13)17-16(23)21-10-8-20(9-11-21)12-6-4-3-5-7-12/h3-7H,2,8-11H2,1H3,(H,17,23). The Morgan fingerprint density at radius 1 is 1.20 bits per heavy atom. The lowest BCUT2D eigenvalue weighted by Gasteiger charge is -2.35. The number of esters is 1. The van der Waals surface area contributed by atoms with Gasteiger partial charge in [0.15, 0.2) is 5.00 Å². The average Bonchev–Trinajstić information content (AvgIpc) is 3.11. The summed E-state index contributed by atoms with van der Waals surface area (Å²) in [5.74, 6) is -0.583. The first-order chi connectivity index (χ1) is 12.2. The Hall–Kier alpha value is -2.68. The number of hydrogen-bond acceptors (Lipinski definition) is 7. The van der Waals surface area contributed by atoms with Crippen molar-refractivity contribution in [3.8, 4) is 0 Å². The van der Waals surface area contributed by atoms with E-state index in [0.29, 0.717) is 18.1 Å². The number of carbonyl (C=O) groups excluding carboxylic acids is 2. The second-order valence-electron chi connectivity index (χ2n) is 5.41. The summed E-state index contributed by atoms with van der Waals surface area (Å²) in [5, 5.41) is 6.77. The van der Waals surface area contributed by atoms with E-state index in [1.54, 1.807) is 11.8 Å². The number of rotatable bonds is 4. The number of ether oxygens (including phenoxy) is 1. The minimum atomic E-state index is -0.583. The van der Waals surface area contributed by atoms with Crippen LogP contribution in [-0.2, 0) is 4.74 Å². The molecular formula is C16H19N5O3S. The Bertz CT molecular complexity index is 728. The number of amides is 2. The highest BCUT2D eigenvalue weighted by Crippen LogP contribution is 2.20. The first kappa shape index (κ1) is 17.2. The van der Waals surface area contributed by atoms with E-state index in [-0.39, 0.29) is 18.3 Å². The number of hydrogen-bond donors (Lipinski definition) is 1. The molecule has 1 aliphatic rings. The molecule has 0 aliphatic carbocycles. The van der Waals surface area contributed by atoms with Gasteiger partial charge >= 0.3 is 12.0 Å². The van der Waals surface area contributed by atoms with Crippen molar-refractivity contribution in [3.05, 3.63) is 36.0 Å². The maximum Gasteiger partial charge on any atom is 0.362 e. The van der Waals surface area contributed by atoms with Crippen LogP contribution < -0.4 is 10.2 Å². The third kappa shape index (κ3) is 4.05. The lowest BCUT2D eigenvalue weighted by molar-refractivity contribution is 0.0520. The first-order valence-corrected chi connectivity index (χ1v) is 8.81. The second-order valence-corrected chi connectivity index (χ2v) is 6.17. The van der Waals surface area contributed by atoms with Gasteiger partial charge in [-0.05, 0) is 19.1 Å². The highest BCUT2D eigenvalue weighted by atomic mass is 32.1. The summed E-state index contributed by atoms with van der Waals surface area (Å²) >= 11 is 0.963. The van der Waals surface area contributed by atoms with Crippen molar-refractivity contribution in [3.63, 3.8) is 0 Å². The van der Waals surface area contributed by atoms with Crippen LogP contribution in [-0.4, -0.2) is 59.3 Å². The van der Waals surface area contributed by atoms with Gasteiger partial charge in [0.05, 0.1) is 6.61 Å². The minimum Gasteiger partial charge on any atom is -0.461 e. The molecule has 1 aromatic heterocycles. The number of carbonyl (C=O) groups is 2. The molecule has 2 amide bonds. The predicted octanol–water partition coefficient (Wildman–Crippen LogP) is 2.07. The molecule has 0 unspecified atom stereocenters. The second kappa shape index (κ2) is 7.93. The van der Waals surface area contributed by atoms with Crippen molar-refractivity contribution in [2.24, 2.45) is 0 Å². The summed E-state index contributed by atoms with van der Waals surface area (Å²) in [6.07, 6.45) is 0. The van der Waals surface area contributed by atoms with Gasteiger partial charge in [0.1, 0.15) is 0 Å². The minimum absolute atomic E-state index is 0.0446. The molecule has 2 aromatic rings. The number of urea groups is 1. The molecular weight excluding hydrogens is 342 g/mol. The Kier molecular flexibility index (Phi) is 5.44. The zero-order chi connectivity index (χ0) is 17.6. The molecule has 1 fully saturated rings. The fourth-order valence-electron chi connectivity index (χ4n) is 2.59. The zero-order valence-electron chi connectivity index (χ0n) is 13.8. The molecule has 0 bridgehead atoms. The van der Waals surface area contributed by atoms with E-state index in [2.05, 4.69) is 31.9 Å². The molecule has 1 N–H and O–H groups in total. The van der Waals surface area contributed by atoms with E-state index in [0.717, 1.165) is 30.3 Å². The maximum atomic E-state index is 12.4. The molecule has 0 radical (unpaired) electrons. The van der Waals surface area contributed by atoms with Crippen molar-refractivity contribution < 1.29 is 14.3 Å². The Morgan fingerprint density at radius 3 is 2.60 bits per heavy atom. The van der Waals surface area contributed by atoms with E-state index >= 15 is 0 Å².